The number of oxime groups is 1. The molecule has 2 aromatic rings. The fraction of sp³-hybridized carbons (Fsp3) is 0.300. The van der Waals surface area contributed by atoms with Crippen molar-refractivity contribution >= 4 is 46.9 Å². The Kier molecular flexibility index (Phi) is 5.41. The molecule has 0 bridgehead atoms. The zero-order valence-electron chi connectivity index (χ0n) is 15.2. The van der Waals surface area contributed by atoms with Gasteiger partial charge in [-0.3, -0.25) is 4.79 Å². The molecule has 0 radical (unpaired) electrons. The second kappa shape index (κ2) is 7.62. The molecule has 0 spiro atoms. The van der Waals surface area contributed by atoms with Crippen LogP contribution in [0.5, 0.6) is 0 Å². The summed E-state index contributed by atoms with van der Waals surface area (Å²) in [6.45, 7) is 1.25. The molecule has 158 valence electrons. The first-order valence-electron chi connectivity index (χ1n) is 8.91. The maximum absolute atomic E-state index is 14.1. The quantitative estimate of drug-likeness (QED) is 0.413. The molecule has 10 heteroatoms. The van der Waals surface area contributed by atoms with Gasteiger partial charge in [-0.1, -0.05) is 64.2 Å². The van der Waals surface area contributed by atoms with E-state index in [9.17, 15) is 18.0 Å². The van der Waals surface area contributed by atoms with Gasteiger partial charge in [-0.25, -0.2) is 0 Å². The van der Waals surface area contributed by atoms with Crippen LogP contribution in [0.4, 0.5) is 13.2 Å². The molecule has 0 N–H and O–H groups in total. The molecule has 4 rings (SSSR count). The third-order valence-corrected chi connectivity index (χ3v) is 6.61. The second-order valence-electron chi connectivity index (χ2n) is 7.26. The van der Waals surface area contributed by atoms with Gasteiger partial charge in [0.1, 0.15) is 0 Å². The summed E-state index contributed by atoms with van der Waals surface area (Å²) in [4.78, 5) is 17.3. The van der Waals surface area contributed by atoms with E-state index in [-0.39, 0.29) is 32.3 Å². The molecule has 1 atom stereocenters. The number of hydrogen-bond donors (Lipinski definition) is 0. The summed E-state index contributed by atoms with van der Waals surface area (Å²) in [6.07, 6.45) is -4.52. The Bertz CT molecular complexity index is 998. The molecule has 0 aliphatic carbocycles. The van der Waals surface area contributed by atoms with E-state index in [1.165, 1.54) is 0 Å². The van der Waals surface area contributed by atoms with Crippen LogP contribution in [-0.4, -0.2) is 36.3 Å². The lowest BCUT2D eigenvalue weighted by atomic mass is 9.85. The van der Waals surface area contributed by atoms with Gasteiger partial charge in [0.25, 0.3) is 5.60 Å². The minimum atomic E-state index is -4.77. The van der Waals surface area contributed by atoms with Gasteiger partial charge in [0.15, 0.2) is 0 Å². The van der Waals surface area contributed by atoms with E-state index in [0.29, 0.717) is 18.7 Å². The van der Waals surface area contributed by atoms with Gasteiger partial charge >= 0.3 is 6.18 Å². The van der Waals surface area contributed by atoms with Crippen LogP contribution in [0.1, 0.15) is 29.0 Å². The first kappa shape index (κ1) is 21.3. The summed E-state index contributed by atoms with van der Waals surface area (Å²) in [5, 5.41) is 3.51. The predicted octanol–water partition coefficient (Wildman–Crippen LogP) is 5.78. The molecule has 4 nitrogen and oxygen atoms in total. The first-order valence-corrected chi connectivity index (χ1v) is 10.0. The van der Waals surface area contributed by atoms with Crippen molar-refractivity contribution in [2.24, 2.45) is 5.16 Å². The van der Waals surface area contributed by atoms with E-state index in [2.05, 4.69) is 5.16 Å². The average Bonchev–Trinajstić information content (AvgIpc) is 3.12. The number of benzene rings is 2. The zero-order valence-corrected chi connectivity index (χ0v) is 17.5. The van der Waals surface area contributed by atoms with Gasteiger partial charge < -0.3 is 9.74 Å². The van der Waals surface area contributed by atoms with Crippen LogP contribution < -0.4 is 0 Å². The van der Waals surface area contributed by atoms with Crippen LogP contribution in [0, 0.1) is 0 Å². The average molecular weight is 478 g/mol. The van der Waals surface area contributed by atoms with E-state index >= 15 is 0 Å². The highest BCUT2D eigenvalue weighted by Gasteiger charge is 2.62. The lowest BCUT2D eigenvalue weighted by Crippen LogP contribution is -2.43. The third kappa shape index (κ3) is 3.53. The second-order valence-corrected chi connectivity index (χ2v) is 8.46. The Balaban J connectivity index is 1.60. The molecular formula is C20H14Cl3F3N2O2. The van der Waals surface area contributed by atoms with Crippen LogP contribution in [0.3, 0.4) is 0 Å². The molecule has 1 unspecified atom stereocenters. The van der Waals surface area contributed by atoms with Gasteiger partial charge in [-0.05, 0) is 23.3 Å². The maximum Gasteiger partial charge on any atom is 0.435 e. The minimum absolute atomic E-state index is 0.0294. The highest BCUT2D eigenvalue weighted by molar-refractivity contribution is 6.48. The Morgan fingerprint density at radius 2 is 1.70 bits per heavy atom. The Morgan fingerprint density at radius 3 is 2.23 bits per heavy atom. The molecule has 2 aliphatic heterocycles. The van der Waals surface area contributed by atoms with E-state index in [1.54, 1.807) is 17.0 Å². The number of carbonyl (C=O) groups is 1. The summed E-state index contributed by atoms with van der Waals surface area (Å²) in [5.41, 5.74) is -1.30. The minimum Gasteiger partial charge on any atom is -0.374 e. The predicted molar refractivity (Wildman–Crippen MR) is 108 cm³/mol. The van der Waals surface area contributed by atoms with Gasteiger partial charge in [-0.15, -0.1) is 0 Å². The highest BCUT2D eigenvalue weighted by atomic mass is 35.5. The molecule has 2 aromatic carbocycles. The van der Waals surface area contributed by atoms with Crippen molar-refractivity contribution in [3.8, 4) is 0 Å². The summed E-state index contributed by atoms with van der Waals surface area (Å²) in [5.74, 6) is 0.221. The summed E-state index contributed by atoms with van der Waals surface area (Å²) >= 11 is 17.8. The zero-order chi connectivity index (χ0) is 21.7. The van der Waals surface area contributed by atoms with Crippen molar-refractivity contribution < 1.29 is 22.8 Å². The van der Waals surface area contributed by atoms with Gasteiger partial charge in [0.2, 0.25) is 6.41 Å². The van der Waals surface area contributed by atoms with Gasteiger partial charge in [0, 0.05) is 31.0 Å². The molecule has 30 heavy (non-hydrogen) atoms. The number of alkyl halides is 3. The van der Waals surface area contributed by atoms with Crippen LogP contribution in [0.15, 0.2) is 41.6 Å². The summed E-state index contributed by atoms with van der Waals surface area (Å²) in [6, 6.07) is 9.26. The number of rotatable bonds is 4. The van der Waals surface area contributed by atoms with E-state index in [4.69, 9.17) is 39.6 Å². The lowest BCUT2D eigenvalue weighted by molar-refractivity contribution is -0.275. The molecule has 2 aliphatic rings. The van der Waals surface area contributed by atoms with Crippen molar-refractivity contribution in [2.75, 3.05) is 13.1 Å². The van der Waals surface area contributed by atoms with Crippen molar-refractivity contribution in [3.63, 3.8) is 0 Å². The lowest BCUT2D eigenvalue weighted by Gasteiger charge is -2.36. The molecule has 1 fully saturated rings. The van der Waals surface area contributed by atoms with Crippen molar-refractivity contribution in [3.05, 3.63) is 68.2 Å². The first-order chi connectivity index (χ1) is 14.1. The molecule has 2 heterocycles. The number of amides is 1. The van der Waals surface area contributed by atoms with E-state index in [0.717, 1.165) is 24.1 Å². The van der Waals surface area contributed by atoms with Crippen LogP contribution in [-0.2, 0) is 15.2 Å². The van der Waals surface area contributed by atoms with E-state index in [1.807, 2.05) is 12.1 Å². The molecule has 0 saturated carbocycles. The third-order valence-electron chi connectivity index (χ3n) is 5.41. The van der Waals surface area contributed by atoms with Gasteiger partial charge in [0.05, 0.1) is 20.8 Å². The fourth-order valence-corrected chi connectivity index (χ4v) is 4.20. The Hall–Kier alpha value is -1.96. The highest BCUT2D eigenvalue weighted by Crippen LogP contribution is 2.50. The smallest absolute Gasteiger partial charge is 0.374 e. The number of carbonyl (C=O) groups excluding carboxylic acids is 1. The number of hydrogen-bond acceptors (Lipinski definition) is 3. The SMILES string of the molecule is O=CN1CC(c2ccc(C3=NOC(c4cc(Cl)c(Cl)c(Cl)c4)(C(F)(F)F)C3)cc2)C1. The largest absolute Gasteiger partial charge is 0.435 e. The van der Waals surface area contributed by atoms with Gasteiger partial charge in [-0.2, -0.15) is 13.2 Å². The number of likely N-dealkylation sites (tertiary alicyclic amines) is 1. The van der Waals surface area contributed by atoms with Crippen molar-refractivity contribution in [1.82, 2.24) is 4.90 Å². The van der Waals surface area contributed by atoms with Crippen LogP contribution in [0.25, 0.3) is 0 Å². The van der Waals surface area contributed by atoms with Crippen LogP contribution in [0.2, 0.25) is 15.1 Å². The van der Waals surface area contributed by atoms with Crippen molar-refractivity contribution in [1.29, 1.82) is 0 Å². The monoisotopic (exact) mass is 476 g/mol. The normalized spacial score (nSPS) is 21.8. The number of nitrogens with zero attached hydrogens (tertiary/aromatic N) is 2. The van der Waals surface area contributed by atoms with Crippen molar-refractivity contribution in [2.45, 2.75) is 24.1 Å². The maximum atomic E-state index is 14.1. The summed E-state index contributed by atoms with van der Waals surface area (Å²) in [7, 11) is 0. The fourth-order valence-electron chi connectivity index (χ4n) is 3.60. The molecule has 1 saturated heterocycles. The molecular weight excluding hydrogens is 464 g/mol. The Morgan fingerprint density at radius 1 is 1.10 bits per heavy atom. The standard InChI is InChI=1S/C20H14Cl3F3N2O2/c21-15-5-14(6-16(22)18(15)23)19(20(24,25)26)7-17(27-30-19)12-3-1-11(2-4-12)13-8-28(9-13)10-29/h1-6,10,13H,7-9H2. The topological polar surface area (TPSA) is 41.9 Å². The Labute approximate surface area is 185 Å². The molecule has 0 aromatic heterocycles. The van der Waals surface area contributed by atoms with Crippen LogP contribution >= 0.6 is 34.8 Å². The molecule has 1 amide bonds. The summed E-state index contributed by atoms with van der Waals surface area (Å²) < 4.78 is 42.3. The number of halogens is 6. The van der Waals surface area contributed by atoms with E-state index < -0.39 is 18.2 Å².